The summed E-state index contributed by atoms with van der Waals surface area (Å²) in [4.78, 5) is 0. The van der Waals surface area contributed by atoms with E-state index in [1.54, 1.807) is 0 Å². The minimum Gasteiger partial charge on any atom is -0.383 e. The smallest absolute Gasteiger partial charge is 0.0581 e. The van der Waals surface area contributed by atoms with E-state index in [9.17, 15) is 0 Å². The molecule has 2 nitrogen and oxygen atoms in total. The lowest BCUT2D eigenvalue weighted by Gasteiger charge is -2.23. The molecule has 0 spiro atoms. The van der Waals surface area contributed by atoms with Crippen LogP contribution in [0.5, 0.6) is 0 Å². The predicted molar refractivity (Wildman–Crippen MR) is 78.4 cm³/mol. The molecule has 0 bridgehead atoms. The first-order valence-corrected chi connectivity index (χ1v) is 7.36. The van der Waals surface area contributed by atoms with Gasteiger partial charge in [-0.25, -0.2) is 0 Å². The van der Waals surface area contributed by atoms with Crippen molar-refractivity contribution >= 4 is 11.4 Å². The van der Waals surface area contributed by atoms with Crippen LogP contribution in [-0.2, 0) is 0 Å². The molecular formula is C16H24N2. The first-order valence-electron chi connectivity index (χ1n) is 7.36. The van der Waals surface area contributed by atoms with Crippen LogP contribution in [0.1, 0.15) is 43.2 Å². The maximum absolute atomic E-state index is 3.81. The number of rotatable bonds is 0. The van der Waals surface area contributed by atoms with Gasteiger partial charge in [0.25, 0.3) is 0 Å². The zero-order valence-electron chi connectivity index (χ0n) is 11.6. The molecule has 2 N–H and O–H groups in total. The molecule has 1 aliphatic heterocycles. The van der Waals surface area contributed by atoms with E-state index in [2.05, 4.69) is 36.6 Å². The summed E-state index contributed by atoms with van der Waals surface area (Å²) in [5, 5.41) is 7.46. The van der Waals surface area contributed by atoms with Crippen molar-refractivity contribution in [1.29, 1.82) is 0 Å². The second-order valence-electron chi connectivity index (χ2n) is 6.01. The Morgan fingerprint density at radius 2 is 1.67 bits per heavy atom. The van der Waals surface area contributed by atoms with Crippen molar-refractivity contribution < 1.29 is 0 Å². The zero-order chi connectivity index (χ0) is 12.5. The molecule has 0 saturated heterocycles. The second kappa shape index (κ2) is 4.83. The topological polar surface area (TPSA) is 24.1 Å². The number of benzene rings is 1. The van der Waals surface area contributed by atoms with Gasteiger partial charge in [-0.1, -0.05) is 19.3 Å². The predicted octanol–water partition coefficient (Wildman–Crippen LogP) is 4.09. The molecule has 1 aromatic rings. The quantitative estimate of drug-likeness (QED) is 0.718. The lowest BCUT2D eigenvalue weighted by atomic mass is 9.95. The number of nitrogens with one attached hydrogen (secondary N) is 2. The zero-order valence-corrected chi connectivity index (χ0v) is 11.6. The average Bonchev–Trinajstić information content (AvgIpc) is 2.64. The molecular weight excluding hydrogens is 220 g/mol. The normalized spacial score (nSPS) is 27.0. The van der Waals surface area contributed by atoms with Crippen molar-refractivity contribution in [3.63, 3.8) is 0 Å². The number of anilines is 2. The van der Waals surface area contributed by atoms with Crippen LogP contribution in [0.2, 0.25) is 0 Å². The van der Waals surface area contributed by atoms with E-state index in [0.717, 1.165) is 12.5 Å². The summed E-state index contributed by atoms with van der Waals surface area (Å²) in [6, 6.07) is 5.27. The molecule has 18 heavy (non-hydrogen) atoms. The standard InChI is InChI=1S/C16H24N2/c1-11-8-15-16(9-12(11)2)18-14-7-5-3-4-6-13(14)10-17-15/h8-9,13-14,17-18H,3-7,10H2,1-2H3. The highest BCUT2D eigenvalue weighted by Gasteiger charge is 2.26. The van der Waals surface area contributed by atoms with Crippen LogP contribution in [0.4, 0.5) is 11.4 Å². The largest absolute Gasteiger partial charge is 0.383 e. The third kappa shape index (κ3) is 2.21. The first-order chi connectivity index (χ1) is 8.74. The third-order valence-electron chi connectivity index (χ3n) is 4.69. The Hall–Kier alpha value is -1.18. The van der Waals surface area contributed by atoms with E-state index < -0.39 is 0 Å². The van der Waals surface area contributed by atoms with E-state index in [-0.39, 0.29) is 0 Å². The van der Waals surface area contributed by atoms with Gasteiger partial charge < -0.3 is 10.6 Å². The lowest BCUT2D eigenvalue weighted by molar-refractivity contribution is 0.444. The average molecular weight is 244 g/mol. The lowest BCUT2D eigenvalue weighted by Crippen LogP contribution is -2.30. The van der Waals surface area contributed by atoms with Gasteiger partial charge in [0.05, 0.1) is 11.4 Å². The molecule has 98 valence electrons. The van der Waals surface area contributed by atoms with Gasteiger partial charge in [0.2, 0.25) is 0 Å². The van der Waals surface area contributed by atoms with E-state index in [1.807, 2.05) is 0 Å². The van der Waals surface area contributed by atoms with E-state index in [1.165, 1.54) is 54.6 Å². The highest BCUT2D eigenvalue weighted by Crippen LogP contribution is 2.34. The summed E-state index contributed by atoms with van der Waals surface area (Å²) in [5.41, 5.74) is 5.37. The van der Waals surface area contributed by atoms with Gasteiger partial charge in [-0.2, -0.15) is 0 Å². The molecule has 1 saturated carbocycles. The Kier molecular flexibility index (Phi) is 3.19. The Bertz CT molecular complexity index is 439. The van der Waals surface area contributed by atoms with Gasteiger partial charge in [0.1, 0.15) is 0 Å². The van der Waals surface area contributed by atoms with Gasteiger partial charge in [-0.3, -0.25) is 0 Å². The fraction of sp³-hybridized carbons (Fsp3) is 0.625. The number of hydrogen-bond acceptors (Lipinski definition) is 2. The van der Waals surface area contributed by atoms with Crippen molar-refractivity contribution in [2.24, 2.45) is 5.92 Å². The summed E-state index contributed by atoms with van der Waals surface area (Å²) in [6.45, 7) is 5.53. The molecule has 0 amide bonds. The third-order valence-corrected chi connectivity index (χ3v) is 4.69. The fourth-order valence-corrected chi connectivity index (χ4v) is 3.34. The molecule has 1 heterocycles. The Morgan fingerprint density at radius 3 is 2.50 bits per heavy atom. The highest BCUT2D eigenvalue weighted by atomic mass is 15.0. The Labute approximate surface area is 110 Å². The molecule has 2 heteroatoms. The van der Waals surface area contributed by atoms with Crippen LogP contribution in [0.25, 0.3) is 0 Å². The summed E-state index contributed by atoms with van der Waals surface area (Å²) >= 11 is 0. The maximum Gasteiger partial charge on any atom is 0.0581 e. The van der Waals surface area contributed by atoms with Crippen molar-refractivity contribution in [3.05, 3.63) is 23.3 Å². The molecule has 1 fully saturated rings. The van der Waals surface area contributed by atoms with Gasteiger partial charge in [0, 0.05) is 12.6 Å². The van der Waals surface area contributed by atoms with E-state index >= 15 is 0 Å². The van der Waals surface area contributed by atoms with Crippen LogP contribution in [0.15, 0.2) is 12.1 Å². The summed E-state index contributed by atoms with van der Waals surface area (Å²) in [5.74, 6) is 0.792. The summed E-state index contributed by atoms with van der Waals surface area (Å²) in [7, 11) is 0. The van der Waals surface area contributed by atoms with Crippen LogP contribution in [0.3, 0.4) is 0 Å². The molecule has 0 aromatic heterocycles. The van der Waals surface area contributed by atoms with Crippen molar-refractivity contribution in [1.82, 2.24) is 0 Å². The van der Waals surface area contributed by atoms with Crippen LogP contribution in [-0.4, -0.2) is 12.6 Å². The SMILES string of the molecule is Cc1cc2c(cc1C)NC1CCCCCC1CN2. The van der Waals surface area contributed by atoms with Gasteiger partial charge in [-0.15, -0.1) is 0 Å². The summed E-state index contributed by atoms with van der Waals surface area (Å²) in [6.07, 6.45) is 6.90. The molecule has 2 atom stereocenters. The second-order valence-corrected chi connectivity index (χ2v) is 6.01. The van der Waals surface area contributed by atoms with Crippen LogP contribution < -0.4 is 10.6 Å². The van der Waals surface area contributed by atoms with E-state index in [0.29, 0.717) is 6.04 Å². The fourth-order valence-electron chi connectivity index (χ4n) is 3.34. The van der Waals surface area contributed by atoms with Crippen LogP contribution >= 0.6 is 0 Å². The van der Waals surface area contributed by atoms with Crippen molar-refractivity contribution in [3.8, 4) is 0 Å². The first kappa shape index (κ1) is 11.9. The van der Waals surface area contributed by atoms with Crippen molar-refractivity contribution in [2.45, 2.75) is 52.0 Å². The molecule has 3 rings (SSSR count). The number of fused-ring (bicyclic) bond motifs is 2. The minimum atomic E-state index is 0.670. The minimum absolute atomic E-state index is 0.670. The highest BCUT2D eigenvalue weighted by molar-refractivity contribution is 5.72. The maximum atomic E-state index is 3.81. The van der Waals surface area contributed by atoms with Gasteiger partial charge >= 0.3 is 0 Å². The Balaban J connectivity index is 1.90. The van der Waals surface area contributed by atoms with Crippen LogP contribution in [0, 0.1) is 19.8 Å². The summed E-state index contributed by atoms with van der Waals surface area (Å²) < 4.78 is 0. The van der Waals surface area contributed by atoms with Gasteiger partial charge in [0.15, 0.2) is 0 Å². The number of aryl methyl sites for hydroxylation is 2. The molecule has 2 aliphatic rings. The Morgan fingerprint density at radius 1 is 0.944 bits per heavy atom. The monoisotopic (exact) mass is 244 g/mol. The van der Waals surface area contributed by atoms with Crippen molar-refractivity contribution in [2.75, 3.05) is 17.2 Å². The molecule has 0 radical (unpaired) electrons. The molecule has 1 aromatic carbocycles. The molecule has 1 aliphatic carbocycles. The van der Waals surface area contributed by atoms with Gasteiger partial charge in [-0.05, 0) is 55.9 Å². The number of hydrogen-bond donors (Lipinski definition) is 2. The van der Waals surface area contributed by atoms with E-state index in [4.69, 9.17) is 0 Å². The molecule has 2 unspecified atom stereocenters.